The summed E-state index contributed by atoms with van der Waals surface area (Å²) in [4.78, 5) is 12.9. The number of carbonyl (C=O) groups is 1. The lowest BCUT2D eigenvalue weighted by atomic mass is 10.2. The predicted molar refractivity (Wildman–Crippen MR) is 108 cm³/mol. The fourth-order valence-corrected chi connectivity index (χ4v) is 4.02. The minimum absolute atomic E-state index is 0.302. The van der Waals surface area contributed by atoms with E-state index in [2.05, 4.69) is 15.1 Å². The van der Waals surface area contributed by atoms with Crippen LogP contribution in [0.5, 0.6) is 0 Å². The Morgan fingerprint density at radius 3 is 2.54 bits per heavy atom. The molecule has 0 aliphatic heterocycles. The van der Waals surface area contributed by atoms with Crippen molar-refractivity contribution in [2.75, 3.05) is 16.3 Å². The SMILES string of the molecule is CS(=O)(=O)Nc1cccc(NC(=O)c2nn(-c3ccccc3)c3c2CCC3)c1. The van der Waals surface area contributed by atoms with Crippen LogP contribution in [0.3, 0.4) is 0 Å². The summed E-state index contributed by atoms with van der Waals surface area (Å²) in [6.45, 7) is 0. The van der Waals surface area contributed by atoms with Crippen LogP contribution in [0.4, 0.5) is 11.4 Å². The second kappa shape index (κ2) is 7.12. The van der Waals surface area contributed by atoms with Crippen molar-refractivity contribution >= 4 is 27.3 Å². The van der Waals surface area contributed by atoms with Gasteiger partial charge in [0.25, 0.3) is 5.91 Å². The number of hydrogen-bond donors (Lipinski definition) is 2. The van der Waals surface area contributed by atoms with Gasteiger partial charge in [0.2, 0.25) is 10.0 Å². The van der Waals surface area contributed by atoms with E-state index in [-0.39, 0.29) is 5.91 Å². The Hall–Kier alpha value is -3.13. The first kappa shape index (κ1) is 18.2. The Balaban J connectivity index is 1.62. The number of benzene rings is 2. The van der Waals surface area contributed by atoms with Gasteiger partial charge in [0.05, 0.1) is 17.6 Å². The third-order valence-corrected chi connectivity index (χ3v) is 5.18. The number of nitrogens with one attached hydrogen (secondary N) is 2. The standard InChI is InChI=1S/C20H20N4O3S/c1-28(26,27)23-15-8-5-7-14(13-15)21-20(25)19-17-11-6-12-18(17)24(22-19)16-9-3-2-4-10-16/h2-5,7-10,13,23H,6,11-12H2,1H3,(H,21,25). The number of para-hydroxylation sites is 1. The van der Waals surface area contributed by atoms with Crippen LogP contribution in [0.15, 0.2) is 54.6 Å². The smallest absolute Gasteiger partial charge is 0.276 e. The van der Waals surface area contributed by atoms with E-state index < -0.39 is 10.0 Å². The van der Waals surface area contributed by atoms with Gasteiger partial charge in [-0.15, -0.1) is 0 Å². The fraction of sp³-hybridized carbons (Fsp3) is 0.200. The number of sulfonamides is 1. The maximum absolute atomic E-state index is 12.9. The second-order valence-corrected chi connectivity index (χ2v) is 8.53. The van der Waals surface area contributed by atoms with Crippen molar-refractivity contribution in [1.29, 1.82) is 0 Å². The van der Waals surface area contributed by atoms with E-state index in [0.717, 1.165) is 42.5 Å². The molecule has 4 rings (SSSR count). The molecule has 0 unspecified atom stereocenters. The summed E-state index contributed by atoms with van der Waals surface area (Å²) in [6.07, 6.45) is 3.78. The van der Waals surface area contributed by atoms with E-state index in [0.29, 0.717) is 17.1 Å². The van der Waals surface area contributed by atoms with Crippen molar-refractivity contribution in [3.63, 3.8) is 0 Å². The first-order valence-electron chi connectivity index (χ1n) is 8.96. The Bertz CT molecular complexity index is 1140. The maximum Gasteiger partial charge on any atom is 0.276 e. The number of rotatable bonds is 5. The zero-order chi connectivity index (χ0) is 19.7. The number of fused-ring (bicyclic) bond motifs is 1. The predicted octanol–water partition coefficient (Wildman–Crippen LogP) is 2.98. The lowest BCUT2D eigenvalue weighted by Crippen LogP contribution is -2.15. The largest absolute Gasteiger partial charge is 0.321 e. The molecule has 0 saturated carbocycles. The molecule has 3 aromatic rings. The molecule has 144 valence electrons. The van der Waals surface area contributed by atoms with E-state index >= 15 is 0 Å². The van der Waals surface area contributed by atoms with Gasteiger partial charge in [0.1, 0.15) is 0 Å². The van der Waals surface area contributed by atoms with Gasteiger partial charge in [0, 0.05) is 16.9 Å². The van der Waals surface area contributed by atoms with E-state index in [4.69, 9.17) is 0 Å². The molecule has 7 nitrogen and oxygen atoms in total. The highest BCUT2D eigenvalue weighted by Gasteiger charge is 2.27. The molecule has 0 atom stereocenters. The Kier molecular flexibility index (Phi) is 4.64. The molecular formula is C20H20N4O3S. The van der Waals surface area contributed by atoms with Crippen LogP contribution in [0, 0.1) is 0 Å². The number of anilines is 2. The summed E-state index contributed by atoms with van der Waals surface area (Å²) in [5.41, 5.74) is 4.28. The summed E-state index contributed by atoms with van der Waals surface area (Å²) in [5.74, 6) is -0.302. The average molecular weight is 396 g/mol. The van der Waals surface area contributed by atoms with Crippen molar-refractivity contribution in [3.05, 3.63) is 71.5 Å². The lowest BCUT2D eigenvalue weighted by Gasteiger charge is -2.08. The summed E-state index contributed by atoms with van der Waals surface area (Å²) in [7, 11) is -3.39. The first-order valence-corrected chi connectivity index (χ1v) is 10.9. The van der Waals surface area contributed by atoms with Crippen LogP contribution in [0.2, 0.25) is 0 Å². The van der Waals surface area contributed by atoms with Crippen molar-refractivity contribution in [3.8, 4) is 5.69 Å². The summed E-state index contributed by atoms with van der Waals surface area (Å²) in [6, 6.07) is 16.3. The molecule has 2 N–H and O–H groups in total. The second-order valence-electron chi connectivity index (χ2n) is 6.78. The number of aromatic nitrogens is 2. The number of amides is 1. The molecule has 1 amide bonds. The third-order valence-electron chi connectivity index (χ3n) is 4.57. The third kappa shape index (κ3) is 3.77. The number of nitrogens with zero attached hydrogens (tertiary/aromatic N) is 2. The van der Waals surface area contributed by atoms with Gasteiger partial charge >= 0.3 is 0 Å². The van der Waals surface area contributed by atoms with Crippen LogP contribution in [-0.4, -0.2) is 30.4 Å². The molecule has 0 bridgehead atoms. The van der Waals surface area contributed by atoms with Crippen molar-refractivity contribution in [2.45, 2.75) is 19.3 Å². The molecule has 2 aromatic carbocycles. The molecule has 0 saturated heterocycles. The quantitative estimate of drug-likeness (QED) is 0.693. The van der Waals surface area contributed by atoms with Gasteiger partial charge < -0.3 is 5.32 Å². The molecule has 0 radical (unpaired) electrons. The normalized spacial score (nSPS) is 13.2. The van der Waals surface area contributed by atoms with Crippen LogP contribution < -0.4 is 10.0 Å². The van der Waals surface area contributed by atoms with E-state index in [1.165, 1.54) is 0 Å². The van der Waals surface area contributed by atoms with E-state index in [9.17, 15) is 13.2 Å². The highest BCUT2D eigenvalue weighted by atomic mass is 32.2. The van der Waals surface area contributed by atoms with Gasteiger partial charge in [-0.05, 0) is 49.6 Å². The van der Waals surface area contributed by atoms with Crippen LogP contribution >= 0.6 is 0 Å². The van der Waals surface area contributed by atoms with Crippen molar-refractivity contribution in [2.24, 2.45) is 0 Å². The van der Waals surface area contributed by atoms with Gasteiger partial charge in [-0.1, -0.05) is 24.3 Å². The van der Waals surface area contributed by atoms with Crippen LogP contribution in [-0.2, 0) is 22.9 Å². The van der Waals surface area contributed by atoms with Crippen molar-refractivity contribution < 1.29 is 13.2 Å². The zero-order valence-corrected chi connectivity index (χ0v) is 16.2. The molecule has 28 heavy (non-hydrogen) atoms. The molecule has 1 aromatic heterocycles. The Morgan fingerprint density at radius 1 is 1.04 bits per heavy atom. The number of hydrogen-bond acceptors (Lipinski definition) is 4. The van der Waals surface area contributed by atoms with Gasteiger partial charge in [0.15, 0.2) is 5.69 Å². The molecule has 0 spiro atoms. The zero-order valence-electron chi connectivity index (χ0n) is 15.3. The highest BCUT2D eigenvalue weighted by molar-refractivity contribution is 7.92. The lowest BCUT2D eigenvalue weighted by molar-refractivity contribution is 0.102. The van der Waals surface area contributed by atoms with E-state index in [1.807, 2.05) is 35.0 Å². The molecule has 1 aliphatic carbocycles. The monoisotopic (exact) mass is 396 g/mol. The number of carbonyl (C=O) groups excluding carboxylic acids is 1. The molecule has 1 heterocycles. The summed E-state index contributed by atoms with van der Waals surface area (Å²) in [5, 5.41) is 7.40. The molecule has 0 fully saturated rings. The molecule has 1 aliphatic rings. The van der Waals surface area contributed by atoms with Crippen LogP contribution in [0.25, 0.3) is 5.69 Å². The van der Waals surface area contributed by atoms with Gasteiger partial charge in [-0.3, -0.25) is 9.52 Å². The topological polar surface area (TPSA) is 93.1 Å². The van der Waals surface area contributed by atoms with Crippen molar-refractivity contribution in [1.82, 2.24) is 9.78 Å². The Morgan fingerprint density at radius 2 is 1.79 bits per heavy atom. The molecule has 8 heteroatoms. The maximum atomic E-state index is 12.9. The highest BCUT2D eigenvalue weighted by Crippen LogP contribution is 2.28. The fourth-order valence-electron chi connectivity index (χ4n) is 3.47. The summed E-state index contributed by atoms with van der Waals surface area (Å²) < 4.78 is 27.1. The van der Waals surface area contributed by atoms with Crippen LogP contribution in [0.1, 0.15) is 28.2 Å². The molecular weight excluding hydrogens is 376 g/mol. The minimum Gasteiger partial charge on any atom is -0.321 e. The van der Waals surface area contributed by atoms with Gasteiger partial charge in [-0.2, -0.15) is 5.10 Å². The Labute approximate surface area is 163 Å². The van der Waals surface area contributed by atoms with E-state index in [1.54, 1.807) is 24.3 Å². The summed E-state index contributed by atoms with van der Waals surface area (Å²) >= 11 is 0. The average Bonchev–Trinajstić information content (AvgIpc) is 3.23. The minimum atomic E-state index is -3.39. The van der Waals surface area contributed by atoms with Gasteiger partial charge in [-0.25, -0.2) is 13.1 Å². The first-order chi connectivity index (χ1) is 13.4.